The van der Waals surface area contributed by atoms with Crippen molar-refractivity contribution in [1.82, 2.24) is 4.98 Å². The minimum atomic E-state index is -0.937. The molecule has 1 aliphatic rings. The maximum atomic E-state index is 11.0. The molecule has 0 spiro atoms. The molecule has 0 amide bonds. The summed E-state index contributed by atoms with van der Waals surface area (Å²) < 4.78 is 0. The second kappa shape index (κ2) is 3.34. The number of thioether (sulfide) groups is 1. The van der Waals surface area contributed by atoms with Gasteiger partial charge in [-0.05, 0) is 11.5 Å². The summed E-state index contributed by atoms with van der Waals surface area (Å²) in [5, 5.41) is 10.4. The number of fused-ring (bicyclic) bond motifs is 1. The molecule has 4 nitrogen and oxygen atoms in total. The highest BCUT2D eigenvalue weighted by Crippen LogP contribution is 2.29. The average Bonchev–Trinajstić information content (AvgIpc) is 2.16. The summed E-state index contributed by atoms with van der Waals surface area (Å²) in [7, 11) is 0. The summed E-state index contributed by atoms with van der Waals surface area (Å²) in [6.45, 7) is 0. The van der Waals surface area contributed by atoms with Crippen LogP contribution in [-0.4, -0.2) is 16.1 Å². The number of H-pyrrole nitrogens is 1. The van der Waals surface area contributed by atoms with Crippen molar-refractivity contribution < 1.29 is 9.90 Å². The van der Waals surface area contributed by atoms with E-state index in [-0.39, 0.29) is 12.0 Å². The van der Waals surface area contributed by atoms with Gasteiger partial charge in [0.25, 0.3) is 0 Å². The minimum absolute atomic E-state index is 0.198. The van der Waals surface area contributed by atoms with Gasteiger partial charge in [-0.15, -0.1) is 0 Å². The van der Waals surface area contributed by atoms with Gasteiger partial charge in [-0.2, -0.15) is 0 Å². The highest BCUT2D eigenvalue weighted by atomic mass is 32.2. The van der Waals surface area contributed by atoms with Crippen molar-refractivity contribution in [3.8, 4) is 0 Å². The van der Waals surface area contributed by atoms with Crippen molar-refractivity contribution in [3.63, 3.8) is 0 Å². The van der Waals surface area contributed by atoms with E-state index >= 15 is 0 Å². The van der Waals surface area contributed by atoms with Crippen LogP contribution in [0.25, 0.3) is 0 Å². The molecule has 2 N–H and O–H groups in total. The Morgan fingerprint density at radius 1 is 1.50 bits per heavy atom. The standard InChI is InChI=1S/C9H7NO3S/c11-8-2-1-7-6(10-8)3-5(4-14-7)9(12)13/h1-2,4H,3H2,(H,10,11)(H,12,13). The number of carboxylic acid groups (broad SMARTS) is 1. The van der Waals surface area contributed by atoms with E-state index in [1.54, 1.807) is 11.5 Å². The number of carboxylic acids is 1. The van der Waals surface area contributed by atoms with Gasteiger partial charge in [-0.25, -0.2) is 4.79 Å². The quantitative estimate of drug-likeness (QED) is 0.723. The SMILES string of the molecule is O=C(O)C1=CSc2ccc(=O)[nH]c2C1. The first-order valence-electron chi connectivity index (χ1n) is 3.98. The fourth-order valence-electron chi connectivity index (χ4n) is 1.24. The minimum Gasteiger partial charge on any atom is -0.478 e. The van der Waals surface area contributed by atoms with Crippen LogP contribution < -0.4 is 5.56 Å². The molecule has 0 fully saturated rings. The first-order chi connectivity index (χ1) is 6.66. The van der Waals surface area contributed by atoms with Gasteiger partial charge < -0.3 is 10.1 Å². The topological polar surface area (TPSA) is 70.2 Å². The first-order valence-corrected chi connectivity index (χ1v) is 4.86. The average molecular weight is 209 g/mol. The van der Waals surface area contributed by atoms with E-state index in [9.17, 15) is 9.59 Å². The summed E-state index contributed by atoms with van der Waals surface area (Å²) >= 11 is 1.32. The van der Waals surface area contributed by atoms with E-state index in [2.05, 4.69) is 4.98 Å². The number of rotatable bonds is 1. The molecular formula is C9H7NO3S. The fraction of sp³-hybridized carbons (Fsp3) is 0.111. The Balaban J connectivity index is 2.40. The molecule has 0 aliphatic carbocycles. The van der Waals surface area contributed by atoms with Gasteiger partial charge in [0.05, 0.1) is 0 Å². The predicted octanol–water partition coefficient (Wildman–Crippen LogP) is 0.992. The van der Waals surface area contributed by atoms with Crippen LogP contribution in [-0.2, 0) is 11.2 Å². The normalized spacial score (nSPS) is 14.4. The zero-order chi connectivity index (χ0) is 10.1. The molecule has 0 unspecified atom stereocenters. The lowest BCUT2D eigenvalue weighted by atomic mass is 10.1. The molecule has 0 bridgehead atoms. The number of nitrogens with one attached hydrogen (secondary N) is 1. The molecule has 5 heteroatoms. The molecule has 0 saturated heterocycles. The van der Waals surface area contributed by atoms with Gasteiger partial charge >= 0.3 is 5.97 Å². The van der Waals surface area contributed by atoms with Crippen molar-refractivity contribution >= 4 is 17.7 Å². The zero-order valence-electron chi connectivity index (χ0n) is 7.11. The number of hydrogen-bond donors (Lipinski definition) is 2. The molecule has 2 rings (SSSR count). The molecule has 72 valence electrons. The third-order valence-corrected chi connectivity index (χ3v) is 2.97. The van der Waals surface area contributed by atoms with Crippen molar-refractivity contribution in [1.29, 1.82) is 0 Å². The van der Waals surface area contributed by atoms with E-state index in [0.717, 1.165) is 4.90 Å². The molecule has 0 atom stereocenters. The molecule has 14 heavy (non-hydrogen) atoms. The smallest absolute Gasteiger partial charge is 0.332 e. The van der Waals surface area contributed by atoms with Crippen molar-refractivity contribution in [2.75, 3.05) is 0 Å². The number of aliphatic carboxylic acids is 1. The number of pyridine rings is 1. The lowest BCUT2D eigenvalue weighted by Crippen LogP contribution is -2.13. The van der Waals surface area contributed by atoms with Gasteiger partial charge in [0.15, 0.2) is 0 Å². The lowest BCUT2D eigenvalue weighted by molar-refractivity contribution is -0.132. The van der Waals surface area contributed by atoms with Gasteiger partial charge in [-0.1, -0.05) is 11.8 Å². The van der Waals surface area contributed by atoms with Crippen molar-refractivity contribution in [3.05, 3.63) is 39.2 Å². The predicted molar refractivity (Wildman–Crippen MR) is 52.3 cm³/mol. The van der Waals surface area contributed by atoms with Crippen LogP contribution in [0.4, 0.5) is 0 Å². The van der Waals surface area contributed by atoms with Gasteiger partial charge in [-0.3, -0.25) is 4.79 Å². The van der Waals surface area contributed by atoms with Crippen LogP contribution in [0.3, 0.4) is 0 Å². The lowest BCUT2D eigenvalue weighted by Gasteiger charge is -2.12. The second-order valence-corrected chi connectivity index (χ2v) is 3.82. The van der Waals surface area contributed by atoms with Crippen LogP contribution in [0, 0.1) is 0 Å². The molecule has 0 radical (unpaired) electrons. The number of carbonyl (C=O) groups is 1. The van der Waals surface area contributed by atoms with Crippen molar-refractivity contribution in [2.45, 2.75) is 11.3 Å². The summed E-state index contributed by atoms with van der Waals surface area (Å²) in [5.74, 6) is -0.937. The van der Waals surface area contributed by atoms with Crippen molar-refractivity contribution in [2.24, 2.45) is 0 Å². The molecule has 1 aromatic heterocycles. The Labute approximate surface area is 83.7 Å². The second-order valence-electron chi connectivity index (χ2n) is 2.91. The highest BCUT2D eigenvalue weighted by molar-refractivity contribution is 8.02. The Morgan fingerprint density at radius 3 is 3.00 bits per heavy atom. The summed E-state index contributed by atoms with van der Waals surface area (Å²) in [6.07, 6.45) is 0.285. The van der Waals surface area contributed by atoms with Crippen LogP contribution >= 0.6 is 11.8 Å². The van der Waals surface area contributed by atoms with Gasteiger partial charge in [0.1, 0.15) is 0 Å². The third kappa shape index (κ3) is 1.58. The fourth-order valence-corrected chi connectivity index (χ4v) is 2.10. The van der Waals surface area contributed by atoms with E-state index in [1.807, 2.05) is 0 Å². The molecule has 1 aromatic rings. The molecular weight excluding hydrogens is 202 g/mol. The maximum absolute atomic E-state index is 11.0. The van der Waals surface area contributed by atoms with Crippen LogP contribution in [0.2, 0.25) is 0 Å². The van der Waals surface area contributed by atoms with Crippen LogP contribution in [0.1, 0.15) is 5.69 Å². The summed E-state index contributed by atoms with van der Waals surface area (Å²) in [4.78, 5) is 25.2. The van der Waals surface area contributed by atoms with E-state index in [0.29, 0.717) is 11.3 Å². The van der Waals surface area contributed by atoms with Gasteiger partial charge in [0, 0.05) is 28.6 Å². The molecule has 2 heterocycles. The Hall–Kier alpha value is -1.49. The van der Waals surface area contributed by atoms with Crippen LogP contribution in [0.15, 0.2) is 32.8 Å². The number of aromatic amines is 1. The maximum Gasteiger partial charge on any atom is 0.332 e. The number of aromatic nitrogens is 1. The molecule has 0 aromatic carbocycles. The molecule has 0 saturated carbocycles. The first kappa shape index (κ1) is 9.08. The van der Waals surface area contributed by atoms with E-state index in [1.165, 1.54) is 17.8 Å². The van der Waals surface area contributed by atoms with Gasteiger partial charge in [0.2, 0.25) is 5.56 Å². The molecule has 1 aliphatic heterocycles. The summed E-state index contributed by atoms with van der Waals surface area (Å²) in [6, 6.07) is 3.14. The third-order valence-electron chi connectivity index (χ3n) is 1.93. The highest BCUT2D eigenvalue weighted by Gasteiger charge is 2.16. The Morgan fingerprint density at radius 2 is 2.29 bits per heavy atom. The summed E-state index contributed by atoms with van der Waals surface area (Å²) in [5.41, 5.74) is 0.794. The van der Waals surface area contributed by atoms with E-state index < -0.39 is 5.97 Å². The number of hydrogen-bond acceptors (Lipinski definition) is 3. The Kier molecular flexibility index (Phi) is 2.17. The van der Waals surface area contributed by atoms with E-state index in [4.69, 9.17) is 5.11 Å². The Bertz CT molecular complexity index is 475. The largest absolute Gasteiger partial charge is 0.478 e. The zero-order valence-corrected chi connectivity index (χ0v) is 7.93. The monoisotopic (exact) mass is 209 g/mol. The van der Waals surface area contributed by atoms with Crippen LogP contribution in [0.5, 0.6) is 0 Å².